The number of benzene rings is 3. The van der Waals surface area contributed by atoms with Crippen molar-refractivity contribution in [3.8, 4) is 16.9 Å². The fourth-order valence-corrected chi connectivity index (χ4v) is 7.44. The maximum absolute atomic E-state index is 14.4. The number of hydrogen-bond acceptors (Lipinski definition) is 5. The van der Waals surface area contributed by atoms with Crippen LogP contribution in [0.1, 0.15) is 48.8 Å². The van der Waals surface area contributed by atoms with Crippen LogP contribution in [0.15, 0.2) is 48.5 Å². The van der Waals surface area contributed by atoms with E-state index in [9.17, 15) is 54.2 Å². The van der Waals surface area contributed by atoms with E-state index in [2.05, 4.69) is 4.90 Å². The zero-order chi connectivity index (χ0) is 38.8. The average molecular weight is 762 g/mol. The average Bonchev–Trinajstić information content (AvgIpc) is 3.09. The first-order chi connectivity index (χ1) is 24.8. The number of hydrogen-bond donors (Lipinski definition) is 2. The van der Waals surface area contributed by atoms with E-state index in [4.69, 9.17) is 4.74 Å². The highest BCUT2D eigenvalue weighted by atomic mass is 19.4. The van der Waals surface area contributed by atoms with Crippen molar-refractivity contribution in [2.45, 2.75) is 69.5 Å². The smallest absolute Gasteiger partial charge is 0.416 e. The molecule has 0 unspecified atom stereocenters. The van der Waals surface area contributed by atoms with Gasteiger partial charge < -0.3 is 20.1 Å². The Morgan fingerprint density at radius 1 is 0.849 bits per heavy atom. The Bertz CT molecular complexity index is 1780. The molecule has 2 N–H and O–H groups in total. The molecule has 0 saturated carbocycles. The lowest BCUT2D eigenvalue weighted by Gasteiger charge is -2.42. The van der Waals surface area contributed by atoms with E-state index >= 15 is 0 Å². The molecule has 5 rings (SSSR count). The van der Waals surface area contributed by atoms with Gasteiger partial charge in [-0.15, -0.1) is 0 Å². The molecule has 1 atom stereocenters. The predicted molar refractivity (Wildman–Crippen MR) is 178 cm³/mol. The second kappa shape index (κ2) is 15.7. The highest BCUT2D eigenvalue weighted by Gasteiger charge is 2.61. The van der Waals surface area contributed by atoms with Crippen LogP contribution in [0.25, 0.3) is 21.9 Å². The summed E-state index contributed by atoms with van der Waals surface area (Å²) in [6.45, 7) is -0.641. The van der Waals surface area contributed by atoms with Crippen LogP contribution in [0.2, 0.25) is 0 Å². The quantitative estimate of drug-likeness (QED) is 0.194. The minimum atomic E-state index is -5.18. The number of nitrogens with one attached hydrogen (secondary N) is 1. The number of alkyl halides is 9. The topological polar surface area (TPSA) is 82.1 Å². The number of likely N-dealkylation sites (tertiary alicyclic amines) is 2. The predicted octanol–water partition coefficient (Wildman–Crippen LogP) is 7.88. The Kier molecular flexibility index (Phi) is 11.9. The molecule has 2 aliphatic heterocycles. The van der Waals surface area contributed by atoms with Gasteiger partial charge in [-0.25, -0.2) is 4.79 Å². The van der Waals surface area contributed by atoms with E-state index in [1.54, 1.807) is 30.3 Å². The van der Waals surface area contributed by atoms with E-state index in [0.717, 1.165) is 49.4 Å². The minimum Gasteiger partial charge on any atom is -0.496 e. The van der Waals surface area contributed by atoms with Crippen molar-refractivity contribution in [1.82, 2.24) is 15.1 Å². The molecule has 2 heterocycles. The molecule has 2 saturated heterocycles. The molecule has 290 valence electrons. The van der Waals surface area contributed by atoms with Crippen LogP contribution in [-0.2, 0) is 28.6 Å². The molecule has 3 aromatic rings. The zero-order valence-electron chi connectivity index (χ0n) is 28.9. The molecule has 7 nitrogen and oxygen atoms in total. The van der Waals surface area contributed by atoms with Gasteiger partial charge in [0.1, 0.15) is 17.2 Å². The molecular weight excluding hydrogens is 721 g/mol. The van der Waals surface area contributed by atoms with Crippen molar-refractivity contribution < 1.29 is 58.9 Å². The zero-order valence-corrected chi connectivity index (χ0v) is 28.9. The number of carboxylic acids is 1. The molecule has 2 aliphatic rings. The molecule has 0 spiro atoms. The molecule has 1 amide bonds. The number of aliphatic carboxylic acids is 1. The van der Waals surface area contributed by atoms with Gasteiger partial charge in [0.05, 0.1) is 19.2 Å². The van der Waals surface area contributed by atoms with Crippen molar-refractivity contribution in [2.75, 3.05) is 46.4 Å². The third-order valence-corrected chi connectivity index (χ3v) is 10.3. The van der Waals surface area contributed by atoms with E-state index in [0.29, 0.717) is 39.6 Å². The standard InChI is InChI=1S/C37H40F9N3O4/c1-53-30-21-25(36(41,42)43)19-24(11-16-48-14-3-2-4-15-48)31(30)28-10-6-8-26-23(7-5-9-27(26)28)20-29(32(50)51)47-33(52)34(37(44,45)46)12-17-49(18-13-34)22-35(38,39)40/h5-10,19,21,29H,2-4,11-18,20,22H2,1H3,(H,47,52)(H,50,51)/t29-/m0/s1. The second-order valence-electron chi connectivity index (χ2n) is 13.7. The third kappa shape index (κ3) is 9.19. The summed E-state index contributed by atoms with van der Waals surface area (Å²) >= 11 is 0. The van der Waals surface area contributed by atoms with Gasteiger partial charge in [-0.1, -0.05) is 42.8 Å². The normalized spacial score (nSPS) is 18.2. The Balaban J connectivity index is 1.48. The van der Waals surface area contributed by atoms with Crippen LogP contribution < -0.4 is 10.1 Å². The molecule has 3 aromatic carbocycles. The molecule has 0 radical (unpaired) electrons. The van der Waals surface area contributed by atoms with Crippen LogP contribution >= 0.6 is 0 Å². The highest BCUT2D eigenvalue weighted by Crippen LogP contribution is 2.47. The van der Waals surface area contributed by atoms with Crippen LogP contribution in [0, 0.1) is 5.41 Å². The first-order valence-electron chi connectivity index (χ1n) is 17.2. The van der Waals surface area contributed by atoms with Crippen molar-refractivity contribution in [2.24, 2.45) is 5.41 Å². The van der Waals surface area contributed by atoms with E-state index < -0.39 is 86.3 Å². The first kappa shape index (κ1) is 40.1. The summed E-state index contributed by atoms with van der Waals surface area (Å²) in [6.07, 6.45) is -13.6. The lowest BCUT2D eigenvalue weighted by atomic mass is 9.76. The van der Waals surface area contributed by atoms with Crippen LogP contribution in [0.3, 0.4) is 0 Å². The third-order valence-electron chi connectivity index (χ3n) is 10.3. The molecule has 2 fully saturated rings. The molecule has 0 aromatic heterocycles. The van der Waals surface area contributed by atoms with Gasteiger partial charge in [0.2, 0.25) is 5.91 Å². The number of fused-ring (bicyclic) bond motifs is 1. The number of halogens is 9. The molecular formula is C37H40F9N3O4. The SMILES string of the molecule is COc1cc(C(F)(F)F)cc(CCN2CCCCC2)c1-c1cccc2c(C[C@H](NC(=O)C3(C(F)(F)F)CCN(CC(F)(F)F)CC3)C(=O)O)cccc12. The van der Waals surface area contributed by atoms with Crippen LogP contribution in [0.5, 0.6) is 5.75 Å². The number of amides is 1. The summed E-state index contributed by atoms with van der Waals surface area (Å²) in [5, 5.41) is 13.0. The van der Waals surface area contributed by atoms with Crippen molar-refractivity contribution in [3.05, 3.63) is 65.2 Å². The number of piperidine rings is 2. The largest absolute Gasteiger partial charge is 0.496 e. The lowest BCUT2D eigenvalue weighted by Crippen LogP contribution is -2.59. The van der Waals surface area contributed by atoms with Gasteiger partial charge in [-0.2, -0.15) is 39.5 Å². The summed E-state index contributed by atoms with van der Waals surface area (Å²) < 4.78 is 130. The Labute approximate surface area is 300 Å². The second-order valence-corrected chi connectivity index (χ2v) is 13.7. The highest BCUT2D eigenvalue weighted by molar-refractivity contribution is 6.01. The maximum Gasteiger partial charge on any atom is 0.416 e. The minimum absolute atomic E-state index is 0.0271. The fourth-order valence-electron chi connectivity index (χ4n) is 7.44. The van der Waals surface area contributed by atoms with Gasteiger partial charge >= 0.3 is 24.5 Å². The number of rotatable bonds is 11. The van der Waals surface area contributed by atoms with E-state index in [1.165, 1.54) is 13.2 Å². The Morgan fingerprint density at radius 3 is 2.08 bits per heavy atom. The summed E-state index contributed by atoms with van der Waals surface area (Å²) in [7, 11) is 1.26. The van der Waals surface area contributed by atoms with Gasteiger partial charge in [-0.05, 0) is 97.9 Å². The molecule has 16 heteroatoms. The summed E-state index contributed by atoms with van der Waals surface area (Å²) in [4.78, 5) is 28.7. The summed E-state index contributed by atoms with van der Waals surface area (Å²) in [6, 6.07) is 9.89. The summed E-state index contributed by atoms with van der Waals surface area (Å²) in [5.41, 5.74) is -2.38. The molecule has 0 aliphatic carbocycles. The number of carbonyl (C=O) groups is 2. The summed E-state index contributed by atoms with van der Waals surface area (Å²) in [5.74, 6) is -3.30. The monoisotopic (exact) mass is 761 g/mol. The van der Waals surface area contributed by atoms with Gasteiger partial charge in [0.25, 0.3) is 0 Å². The van der Waals surface area contributed by atoms with Crippen LogP contribution in [0.4, 0.5) is 39.5 Å². The number of nitrogens with zero attached hydrogens (tertiary/aromatic N) is 2. The van der Waals surface area contributed by atoms with Crippen molar-refractivity contribution in [1.29, 1.82) is 0 Å². The van der Waals surface area contributed by atoms with Gasteiger partial charge in [-0.3, -0.25) is 9.69 Å². The van der Waals surface area contributed by atoms with Crippen LogP contribution in [-0.4, -0.2) is 91.6 Å². The maximum atomic E-state index is 14.4. The van der Waals surface area contributed by atoms with E-state index in [-0.39, 0.29) is 12.2 Å². The number of carbonyl (C=O) groups excluding carboxylic acids is 1. The number of carboxylic acid groups (broad SMARTS) is 1. The fraction of sp³-hybridized carbons (Fsp3) is 0.514. The molecule has 0 bridgehead atoms. The Hall–Kier alpha value is -4.05. The number of ether oxygens (including phenoxy) is 1. The first-order valence-corrected chi connectivity index (χ1v) is 17.2. The molecule has 53 heavy (non-hydrogen) atoms. The van der Waals surface area contributed by atoms with Gasteiger partial charge in [0.15, 0.2) is 0 Å². The van der Waals surface area contributed by atoms with Crippen molar-refractivity contribution >= 4 is 22.6 Å². The van der Waals surface area contributed by atoms with E-state index in [1.807, 2.05) is 5.32 Å². The Morgan fingerprint density at radius 2 is 1.49 bits per heavy atom. The lowest BCUT2D eigenvalue weighted by molar-refractivity contribution is -0.236. The number of methoxy groups -OCH3 is 1. The van der Waals surface area contributed by atoms with Gasteiger partial charge in [0, 0.05) is 18.5 Å². The van der Waals surface area contributed by atoms with Crippen molar-refractivity contribution in [3.63, 3.8) is 0 Å².